The second-order valence-corrected chi connectivity index (χ2v) is 6.10. The van der Waals surface area contributed by atoms with Crippen LogP contribution in [0.15, 0.2) is 54.6 Å². The molecule has 4 heteroatoms. The normalized spacial score (nSPS) is 10.6. The number of para-hydroxylation sites is 1. The Kier molecular flexibility index (Phi) is 4.49. The van der Waals surface area contributed by atoms with E-state index in [2.05, 4.69) is 29.4 Å². The van der Waals surface area contributed by atoms with Crippen LogP contribution in [0.5, 0.6) is 0 Å². The number of thiazole rings is 1. The molecule has 0 radical (unpaired) electrons. The molecule has 1 aromatic heterocycles. The summed E-state index contributed by atoms with van der Waals surface area (Å²) in [4.78, 5) is 5.91. The molecule has 1 heterocycles. The molecule has 22 heavy (non-hydrogen) atoms. The van der Waals surface area contributed by atoms with Gasteiger partial charge in [0.1, 0.15) is 5.82 Å². The minimum absolute atomic E-state index is 0.268. The van der Waals surface area contributed by atoms with Crippen molar-refractivity contribution in [3.63, 3.8) is 0 Å². The van der Waals surface area contributed by atoms with Crippen LogP contribution in [0.2, 0.25) is 0 Å². The van der Waals surface area contributed by atoms with E-state index >= 15 is 0 Å². The topological polar surface area (TPSA) is 24.9 Å². The number of rotatable bonds is 5. The Hall–Kier alpha value is -2.20. The molecule has 0 saturated carbocycles. The van der Waals surface area contributed by atoms with Crippen molar-refractivity contribution in [2.24, 2.45) is 0 Å². The molecule has 0 bridgehead atoms. The molecule has 1 N–H and O–H groups in total. The van der Waals surface area contributed by atoms with E-state index in [1.54, 1.807) is 23.5 Å². The number of hydrogen-bond acceptors (Lipinski definition) is 3. The number of hydrogen-bond donors (Lipinski definition) is 1. The average molecular weight is 312 g/mol. The lowest BCUT2D eigenvalue weighted by atomic mass is 10.1. The lowest BCUT2D eigenvalue weighted by Gasteiger charge is -2.02. The zero-order valence-electron chi connectivity index (χ0n) is 12.3. The lowest BCUT2D eigenvalue weighted by Crippen LogP contribution is -1.92. The van der Waals surface area contributed by atoms with Gasteiger partial charge in [-0.15, -0.1) is 11.3 Å². The van der Waals surface area contributed by atoms with Crippen molar-refractivity contribution < 1.29 is 4.39 Å². The van der Waals surface area contributed by atoms with E-state index in [1.165, 1.54) is 10.9 Å². The fraction of sp³-hybridized carbons (Fsp3) is 0.167. The fourth-order valence-corrected chi connectivity index (χ4v) is 3.40. The Balaban J connectivity index is 1.95. The molecule has 0 aliphatic rings. The molecular weight excluding hydrogens is 295 g/mol. The van der Waals surface area contributed by atoms with E-state index in [-0.39, 0.29) is 5.82 Å². The zero-order valence-corrected chi connectivity index (χ0v) is 13.2. The van der Waals surface area contributed by atoms with Crippen molar-refractivity contribution in [3.8, 4) is 11.3 Å². The van der Waals surface area contributed by atoms with Crippen molar-refractivity contribution in [3.05, 3.63) is 65.3 Å². The molecule has 0 fully saturated rings. The van der Waals surface area contributed by atoms with Crippen LogP contribution in [0.25, 0.3) is 11.3 Å². The molecule has 0 unspecified atom stereocenters. The van der Waals surface area contributed by atoms with E-state index in [9.17, 15) is 4.39 Å². The van der Waals surface area contributed by atoms with Gasteiger partial charge in [0.05, 0.1) is 11.4 Å². The smallest absolute Gasteiger partial charge is 0.188 e. The molecule has 0 aliphatic heterocycles. The lowest BCUT2D eigenvalue weighted by molar-refractivity contribution is 0.632. The van der Waals surface area contributed by atoms with Crippen molar-refractivity contribution in [1.82, 2.24) is 4.98 Å². The van der Waals surface area contributed by atoms with E-state index < -0.39 is 0 Å². The van der Waals surface area contributed by atoms with Gasteiger partial charge in [-0.2, -0.15) is 0 Å². The number of aromatic nitrogens is 1. The monoisotopic (exact) mass is 312 g/mol. The first-order valence-corrected chi connectivity index (χ1v) is 8.16. The summed E-state index contributed by atoms with van der Waals surface area (Å²) in [7, 11) is 0. The van der Waals surface area contributed by atoms with Gasteiger partial charge >= 0.3 is 0 Å². The predicted octanol–water partition coefficient (Wildman–Crippen LogP) is 5.65. The Morgan fingerprint density at radius 1 is 1.05 bits per heavy atom. The molecule has 2 nitrogen and oxygen atoms in total. The highest BCUT2D eigenvalue weighted by molar-refractivity contribution is 7.16. The first-order chi connectivity index (χ1) is 10.8. The second-order valence-electron chi connectivity index (χ2n) is 5.01. The summed E-state index contributed by atoms with van der Waals surface area (Å²) in [6.07, 6.45) is 2.03. The number of nitrogens with zero attached hydrogens (tertiary/aromatic N) is 1. The van der Waals surface area contributed by atoms with Gasteiger partial charge in [0.25, 0.3) is 0 Å². The third kappa shape index (κ3) is 3.17. The highest BCUT2D eigenvalue weighted by Gasteiger charge is 2.13. The quantitative estimate of drug-likeness (QED) is 0.659. The maximum Gasteiger partial charge on any atom is 0.188 e. The largest absolute Gasteiger partial charge is 0.329 e. The maximum absolute atomic E-state index is 13.8. The van der Waals surface area contributed by atoms with E-state index in [4.69, 9.17) is 0 Å². The molecule has 0 amide bonds. The average Bonchev–Trinajstić information content (AvgIpc) is 2.94. The standard InChI is InChI=1S/C18H17FN2S/c1-2-8-16-17(13-9-4-3-5-10-13)21-18(22-16)20-15-12-7-6-11-14(15)19/h3-7,9-12H,2,8H2,1H3,(H,20,21). The Bertz CT molecular complexity index is 753. The van der Waals surface area contributed by atoms with Gasteiger partial charge in [-0.05, 0) is 18.6 Å². The number of nitrogens with one attached hydrogen (secondary N) is 1. The van der Waals surface area contributed by atoms with Crippen LogP contribution >= 0.6 is 11.3 Å². The predicted molar refractivity (Wildman–Crippen MR) is 91.2 cm³/mol. The third-order valence-electron chi connectivity index (χ3n) is 3.34. The van der Waals surface area contributed by atoms with Crippen LogP contribution in [0.4, 0.5) is 15.2 Å². The molecule has 3 aromatic rings. The van der Waals surface area contributed by atoms with Crippen molar-refractivity contribution in [1.29, 1.82) is 0 Å². The highest BCUT2D eigenvalue weighted by Crippen LogP contribution is 2.33. The molecule has 3 rings (SSSR count). The summed E-state index contributed by atoms with van der Waals surface area (Å²) in [6, 6.07) is 16.8. The highest BCUT2D eigenvalue weighted by atomic mass is 32.1. The van der Waals surface area contributed by atoms with Crippen LogP contribution in [-0.2, 0) is 6.42 Å². The Morgan fingerprint density at radius 3 is 2.50 bits per heavy atom. The Labute approximate surface area is 133 Å². The fourth-order valence-electron chi connectivity index (χ4n) is 2.30. The summed E-state index contributed by atoms with van der Waals surface area (Å²) >= 11 is 1.59. The van der Waals surface area contributed by atoms with Crippen molar-refractivity contribution in [2.75, 3.05) is 5.32 Å². The van der Waals surface area contributed by atoms with Gasteiger partial charge in [-0.3, -0.25) is 0 Å². The van der Waals surface area contributed by atoms with Crippen molar-refractivity contribution in [2.45, 2.75) is 19.8 Å². The minimum atomic E-state index is -0.268. The number of halogens is 1. The van der Waals surface area contributed by atoms with Crippen LogP contribution in [0.3, 0.4) is 0 Å². The molecule has 0 atom stereocenters. The summed E-state index contributed by atoms with van der Waals surface area (Å²) in [5.74, 6) is -0.268. The minimum Gasteiger partial charge on any atom is -0.329 e. The summed E-state index contributed by atoms with van der Waals surface area (Å²) in [5, 5.41) is 3.82. The van der Waals surface area contributed by atoms with Gasteiger partial charge < -0.3 is 5.32 Å². The Morgan fingerprint density at radius 2 is 1.77 bits per heavy atom. The molecule has 112 valence electrons. The van der Waals surface area contributed by atoms with Gasteiger partial charge in [0.15, 0.2) is 5.13 Å². The molecule has 2 aromatic carbocycles. The SMILES string of the molecule is CCCc1sc(Nc2ccccc2F)nc1-c1ccccc1. The molecule has 0 spiro atoms. The van der Waals surface area contributed by atoms with Gasteiger partial charge in [-0.1, -0.05) is 55.8 Å². The second kappa shape index (κ2) is 6.71. The first-order valence-electron chi connectivity index (χ1n) is 7.34. The summed E-state index contributed by atoms with van der Waals surface area (Å²) in [5.41, 5.74) is 2.55. The van der Waals surface area contributed by atoms with E-state index in [0.29, 0.717) is 5.69 Å². The van der Waals surface area contributed by atoms with Gasteiger partial charge in [0, 0.05) is 10.4 Å². The van der Waals surface area contributed by atoms with E-state index in [1.807, 2.05) is 24.3 Å². The third-order valence-corrected chi connectivity index (χ3v) is 4.37. The van der Waals surface area contributed by atoms with E-state index in [0.717, 1.165) is 29.2 Å². The maximum atomic E-state index is 13.8. The van der Waals surface area contributed by atoms with Crippen LogP contribution < -0.4 is 5.32 Å². The van der Waals surface area contributed by atoms with Gasteiger partial charge in [0.2, 0.25) is 0 Å². The van der Waals surface area contributed by atoms with Crippen LogP contribution in [-0.4, -0.2) is 4.98 Å². The number of aryl methyl sites for hydroxylation is 1. The zero-order chi connectivity index (χ0) is 15.4. The van der Waals surface area contributed by atoms with Gasteiger partial charge in [-0.25, -0.2) is 9.37 Å². The van der Waals surface area contributed by atoms with Crippen LogP contribution in [0, 0.1) is 5.82 Å². The number of benzene rings is 2. The molecule has 0 aliphatic carbocycles. The van der Waals surface area contributed by atoms with Crippen LogP contribution in [0.1, 0.15) is 18.2 Å². The molecular formula is C18H17FN2S. The summed E-state index contributed by atoms with van der Waals surface area (Å²) < 4.78 is 13.8. The van der Waals surface area contributed by atoms with Crippen molar-refractivity contribution >= 4 is 22.2 Å². The summed E-state index contributed by atoms with van der Waals surface area (Å²) in [6.45, 7) is 2.15. The number of anilines is 2. The molecule has 0 saturated heterocycles. The first kappa shape index (κ1) is 14.7.